The molecular formula is C25H25N5. The van der Waals surface area contributed by atoms with Gasteiger partial charge in [-0.1, -0.05) is 26.0 Å². The quantitative estimate of drug-likeness (QED) is 0.467. The molecule has 5 nitrogen and oxygen atoms in total. The molecule has 4 aromatic rings. The van der Waals surface area contributed by atoms with Gasteiger partial charge in [-0.25, -0.2) is 4.98 Å². The van der Waals surface area contributed by atoms with E-state index in [-0.39, 0.29) is 5.41 Å². The summed E-state index contributed by atoms with van der Waals surface area (Å²) in [5.41, 5.74) is 9.17. The Hall–Kier alpha value is -3.47. The first kappa shape index (κ1) is 18.6. The van der Waals surface area contributed by atoms with Crippen LogP contribution in [-0.4, -0.2) is 26.1 Å². The molecule has 1 aromatic carbocycles. The lowest BCUT2D eigenvalue weighted by Gasteiger charge is -2.23. The van der Waals surface area contributed by atoms with Gasteiger partial charge < -0.3 is 9.47 Å². The molecule has 0 atom stereocenters. The number of hydrogen-bond acceptors (Lipinski definition) is 4. The molecule has 4 heterocycles. The topological polar surface area (TPSA) is 46.8 Å². The Morgan fingerprint density at radius 3 is 2.60 bits per heavy atom. The maximum atomic E-state index is 4.69. The van der Waals surface area contributed by atoms with Gasteiger partial charge in [0.15, 0.2) is 0 Å². The number of fused-ring (bicyclic) bond motifs is 1. The summed E-state index contributed by atoms with van der Waals surface area (Å²) in [5, 5.41) is 0. The van der Waals surface area contributed by atoms with Crippen LogP contribution in [0.5, 0.6) is 0 Å². The van der Waals surface area contributed by atoms with Crippen molar-refractivity contribution >= 4 is 11.4 Å². The first-order valence-corrected chi connectivity index (χ1v) is 10.2. The van der Waals surface area contributed by atoms with Crippen LogP contribution in [0.3, 0.4) is 0 Å². The van der Waals surface area contributed by atoms with E-state index in [2.05, 4.69) is 77.6 Å². The molecule has 0 saturated heterocycles. The minimum absolute atomic E-state index is 0.0731. The second-order valence-electron chi connectivity index (χ2n) is 8.64. The number of anilines is 2. The first-order valence-electron chi connectivity index (χ1n) is 10.2. The maximum Gasteiger partial charge on any atom is 0.0999 e. The number of hydrogen-bond donors (Lipinski definition) is 0. The summed E-state index contributed by atoms with van der Waals surface area (Å²) in [7, 11) is 0. The van der Waals surface area contributed by atoms with Crippen molar-refractivity contribution in [1.82, 2.24) is 19.5 Å². The molecule has 1 aliphatic rings. The van der Waals surface area contributed by atoms with Crippen molar-refractivity contribution in [1.29, 1.82) is 0 Å². The van der Waals surface area contributed by atoms with Gasteiger partial charge in [-0.2, -0.15) is 0 Å². The summed E-state index contributed by atoms with van der Waals surface area (Å²) >= 11 is 0. The van der Waals surface area contributed by atoms with Gasteiger partial charge in [-0.05, 0) is 49.2 Å². The normalized spacial score (nSPS) is 14.7. The predicted molar refractivity (Wildman–Crippen MR) is 121 cm³/mol. The summed E-state index contributed by atoms with van der Waals surface area (Å²) in [6, 6.07) is 12.9. The third kappa shape index (κ3) is 2.98. The Morgan fingerprint density at radius 1 is 0.933 bits per heavy atom. The van der Waals surface area contributed by atoms with Crippen molar-refractivity contribution in [2.45, 2.75) is 33.1 Å². The third-order valence-electron chi connectivity index (χ3n) is 5.99. The van der Waals surface area contributed by atoms with Crippen LogP contribution in [0.4, 0.5) is 11.4 Å². The molecule has 0 N–H and O–H groups in total. The molecule has 0 saturated carbocycles. The van der Waals surface area contributed by atoms with Crippen molar-refractivity contribution in [3.05, 3.63) is 84.3 Å². The second-order valence-corrected chi connectivity index (χ2v) is 8.64. The summed E-state index contributed by atoms with van der Waals surface area (Å²) in [4.78, 5) is 15.8. The van der Waals surface area contributed by atoms with E-state index >= 15 is 0 Å². The number of rotatable bonds is 3. The molecule has 0 radical (unpaired) electrons. The lowest BCUT2D eigenvalue weighted by molar-refractivity contribution is 0.568. The lowest BCUT2D eigenvalue weighted by Crippen LogP contribution is -2.25. The summed E-state index contributed by atoms with van der Waals surface area (Å²) < 4.78 is 2.06. The average Bonchev–Trinajstić information content (AvgIpc) is 3.32. The number of aromatic nitrogens is 4. The van der Waals surface area contributed by atoms with Gasteiger partial charge in [0.2, 0.25) is 0 Å². The van der Waals surface area contributed by atoms with Gasteiger partial charge in [0.05, 0.1) is 29.1 Å². The Labute approximate surface area is 177 Å². The van der Waals surface area contributed by atoms with Crippen LogP contribution in [0.25, 0.3) is 16.9 Å². The van der Waals surface area contributed by atoms with E-state index in [1.165, 1.54) is 16.9 Å². The summed E-state index contributed by atoms with van der Waals surface area (Å²) in [5.74, 6) is 0. The van der Waals surface area contributed by atoms with Gasteiger partial charge >= 0.3 is 0 Å². The summed E-state index contributed by atoms with van der Waals surface area (Å²) in [6.45, 7) is 9.68. The Balaban J connectivity index is 1.58. The van der Waals surface area contributed by atoms with Gasteiger partial charge in [0, 0.05) is 48.0 Å². The van der Waals surface area contributed by atoms with Crippen LogP contribution in [0, 0.1) is 13.8 Å². The molecule has 1 aliphatic heterocycles. The highest BCUT2D eigenvalue weighted by Crippen LogP contribution is 2.46. The fourth-order valence-corrected chi connectivity index (χ4v) is 4.39. The van der Waals surface area contributed by atoms with E-state index in [4.69, 9.17) is 4.98 Å². The number of aryl methyl sites for hydroxylation is 2. The Bertz CT molecular complexity index is 1240. The van der Waals surface area contributed by atoms with E-state index < -0.39 is 0 Å². The van der Waals surface area contributed by atoms with Crippen molar-refractivity contribution < 1.29 is 0 Å². The largest absolute Gasteiger partial charge is 0.339 e. The van der Waals surface area contributed by atoms with Crippen molar-refractivity contribution in [2.75, 3.05) is 11.4 Å². The second kappa shape index (κ2) is 6.80. The highest BCUT2D eigenvalue weighted by atomic mass is 15.2. The minimum atomic E-state index is 0.0731. The predicted octanol–water partition coefficient (Wildman–Crippen LogP) is 5.38. The van der Waals surface area contributed by atoms with Crippen molar-refractivity contribution in [2.24, 2.45) is 0 Å². The van der Waals surface area contributed by atoms with Gasteiger partial charge in [0.25, 0.3) is 0 Å². The molecular weight excluding hydrogens is 370 g/mol. The molecule has 5 rings (SSSR count). The van der Waals surface area contributed by atoms with Crippen LogP contribution in [-0.2, 0) is 5.41 Å². The number of pyridine rings is 2. The van der Waals surface area contributed by atoms with Gasteiger partial charge in [-0.15, -0.1) is 0 Å². The first-order chi connectivity index (χ1) is 14.4. The molecule has 0 spiro atoms. The Morgan fingerprint density at radius 2 is 1.80 bits per heavy atom. The fourth-order valence-electron chi connectivity index (χ4n) is 4.39. The highest BCUT2D eigenvalue weighted by Gasteiger charge is 2.36. The number of imidazole rings is 1. The number of nitrogens with zero attached hydrogens (tertiary/aromatic N) is 5. The van der Waals surface area contributed by atoms with Crippen LogP contribution in [0.1, 0.15) is 30.7 Å². The molecule has 150 valence electrons. The SMILES string of the molecule is Cc1cnccc1-n1cnc(-c2ccc3c(c2)N(c2cccnc2C)CC3(C)C)c1. The smallest absolute Gasteiger partial charge is 0.0999 e. The van der Waals surface area contributed by atoms with E-state index in [0.29, 0.717) is 0 Å². The van der Waals surface area contributed by atoms with E-state index in [1.54, 1.807) is 0 Å². The fraction of sp³-hybridized carbons (Fsp3) is 0.240. The average molecular weight is 396 g/mol. The van der Waals surface area contributed by atoms with Crippen LogP contribution >= 0.6 is 0 Å². The van der Waals surface area contributed by atoms with Crippen LogP contribution in [0.15, 0.2) is 67.5 Å². The zero-order chi connectivity index (χ0) is 20.9. The molecule has 30 heavy (non-hydrogen) atoms. The molecule has 0 fully saturated rings. The molecule has 0 bridgehead atoms. The maximum absolute atomic E-state index is 4.69. The highest BCUT2D eigenvalue weighted by molar-refractivity contribution is 5.78. The molecule has 0 aliphatic carbocycles. The lowest BCUT2D eigenvalue weighted by atomic mass is 9.86. The van der Waals surface area contributed by atoms with Gasteiger partial charge in [-0.3, -0.25) is 9.97 Å². The van der Waals surface area contributed by atoms with E-state index in [9.17, 15) is 0 Å². The van der Waals surface area contributed by atoms with Gasteiger partial charge in [0.1, 0.15) is 0 Å². The van der Waals surface area contributed by atoms with E-state index in [0.717, 1.165) is 34.7 Å². The van der Waals surface area contributed by atoms with Crippen LogP contribution < -0.4 is 4.90 Å². The number of benzene rings is 1. The van der Waals surface area contributed by atoms with Crippen molar-refractivity contribution in [3.8, 4) is 16.9 Å². The third-order valence-corrected chi connectivity index (χ3v) is 5.99. The monoisotopic (exact) mass is 395 g/mol. The summed E-state index contributed by atoms with van der Waals surface area (Å²) in [6.07, 6.45) is 9.50. The standard InChI is InChI=1S/C25H25N5/c1-17-13-26-11-9-22(17)29-14-21(28-16-29)19-7-8-20-24(12-19)30(15-25(20,3)4)23-6-5-10-27-18(23)2/h5-14,16H,15H2,1-4H3. The van der Waals surface area contributed by atoms with Crippen molar-refractivity contribution in [3.63, 3.8) is 0 Å². The van der Waals surface area contributed by atoms with E-state index in [1.807, 2.05) is 37.1 Å². The molecule has 0 unspecified atom stereocenters. The zero-order valence-electron chi connectivity index (χ0n) is 17.8. The Kier molecular flexibility index (Phi) is 4.21. The molecule has 5 heteroatoms. The molecule has 3 aromatic heterocycles. The molecule has 0 amide bonds. The van der Waals surface area contributed by atoms with Crippen LogP contribution in [0.2, 0.25) is 0 Å². The minimum Gasteiger partial charge on any atom is -0.339 e. The zero-order valence-corrected chi connectivity index (χ0v) is 17.8.